The Hall–Kier alpha value is -5.20. The Labute approximate surface area is 273 Å². The number of ether oxygens (including phenoxy) is 3. The summed E-state index contributed by atoms with van der Waals surface area (Å²) in [7, 11) is 0. The van der Waals surface area contributed by atoms with Crippen LogP contribution < -0.4 is 14.9 Å². The molecule has 2 amide bonds. The van der Waals surface area contributed by atoms with Crippen molar-refractivity contribution < 1.29 is 33.1 Å². The molecular formula is C34H30ClN3O9. The van der Waals surface area contributed by atoms with Gasteiger partial charge in [-0.3, -0.25) is 24.5 Å². The van der Waals surface area contributed by atoms with Crippen LogP contribution in [0.4, 0.5) is 5.69 Å². The molecule has 2 aliphatic heterocycles. The Balaban J connectivity index is 1.27. The van der Waals surface area contributed by atoms with Crippen LogP contribution >= 0.6 is 11.6 Å². The van der Waals surface area contributed by atoms with Crippen molar-refractivity contribution in [3.05, 3.63) is 115 Å². The molecule has 1 fully saturated rings. The van der Waals surface area contributed by atoms with E-state index < -0.39 is 16.7 Å². The van der Waals surface area contributed by atoms with Gasteiger partial charge in [-0.25, -0.2) is 0 Å². The summed E-state index contributed by atoms with van der Waals surface area (Å²) in [4.78, 5) is 54.4. The first-order valence-electron chi connectivity index (χ1n) is 14.9. The lowest BCUT2D eigenvalue weighted by Crippen LogP contribution is -2.45. The molecule has 2 aliphatic rings. The number of hydrogen-bond donors (Lipinski definition) is 0. The number of carbonyl (C=O) groups is 2. The second-order valence-electron chi connectivity index (χ2n) is 11.2. The molecular weight excluding hydrogens is 630 g/mol. The van der Waals surface area contributed by atoms with Gasteiger partial charge in [0.15, 0.2) is 16.9 Å². The molecule has 0 saturated carbocycles. The standard InChI is InChI=1S/C34H30ClN3O9/c35-25-7-11-29-28(15-25)34(41)24(20-45-29)17-36(16-23-5-10-30-31(14-23)47-21-46-30)33(40)19-37(18-27-2-1-13-44-27)32(39)12-6-22-3-8-26(9-4-22)38(42)43/h3-12,14-15,20,27H,1-2,13,16-19,21H2. The van der Waals surface area contributed by atoms with Gasteiger partial charge in [0.1, 0.15) is 12.1 Å². The first-order chi connectivity index (χ1) is 22.7. The van der Waals surface area contributed by atoms with Gasteiger partial charge in [-0.1, -0.05) is 17.7 Å². The van der Waals surface area contributed by atoms with Crippen LogP contribution in [0.15, 0.2) is 82.2 Å². The van der Waals surface area contributed by atoms with Gasteiger partial charge in [-0.05, 0) is 72.5 Å². The number of nitro groups is 1. The minimum atomic E-state index is -0.500. The minimum absolute atomic E-state index is 0.0646. The van der Waals surface area contributed by atoms with E-state index in [1.807, 2.05) is 0 Å². The second-order valence-corrected chi connectivity index (χ2v) is 11.6. The van der Waals surface area contributed by atoms with Gasteiger partial charge >= 0.3 is 0 Å². The second kappa shape index (κ2) is 14.1. The fourth-order valence-electron chi connectivity index (χ4n) is 5.46. The zero-order valence-electron chi connectivity index (χ0n) is 25.1. The molecule has 1 saturated heterocycles. The molecule has 47 heavy (non-hydrogen) atoms. The molecule has 4 aromatic rings. The third kappa shape index (κ3) is 7.62. The number of amides is 2. The maximum absolute atomic E-state index is 14.1. The predicted molar refractivity (Wildman–Crippen MR) is 172 cm³/mol. The maximum Gasteiger partial charge on any atom is 0.269 e. The molecule has 12 nitrogen and oxygen atoms in total. The Morgan fingerprint density at radius 1 is 1.00 bits per heavy atom. The van der Waals surface area contributed by atoms with Gasteiger partial charge < -0.3 is 28.4 Å². The van der Waals surface area contributed by atoms with E-state index in [9.17, 15) is 24.5 Å². The summed E-state index contributed by atoms with van der Waals surface area (Å²) in [6.45, 7) is 0.553. The maximum atomic E-state index is 14.1. The zero-order chi connectivity index (χ0) is 32.9. The van der Waals surface area contributed by atoms with Gasteiger partial charge in [-0.15, -0.1) is 0 Å². The third-order valence-corrected chi connectivity index (χ3v) is 8.17. The summed E-state index contributed by atoms with van der Waals surface area (Å²) < 4.78 is 22.4. The van der Waals surface area contributed by atoms with Crippen molar-refractivity contribution in [3.63, 3.8) is 0 Å². The highest BCUT2D eigenvalue weighted by atomic mass is 35.5. The first kappa shape index (κ1) is 31.8. The van der Waals surface area contributed by atoms with E-state index in [1.54, 1.807) is 30.3 Å². The highest BCUT2D eigenvalue weighted by Crippen LogP contribution is 2.33. The van der Waals surface area contributed by atoms with Gasteiger partial charge in [0.05, 0.1) is 34.8 Å². The van der Waals surface area contributed by atoms with Crippen molar-refractivity contribution in [2.45, 2.75) is 32.0 Å². The van der Waals surface area contributed by atoms with Crippen LogP contribution in [0.1, 0.15) is 29.5 Å². The quantitative estimate of drug-likeness (QED) is 0.119. The summed E-state index contributed by atoms with van der Waals surface area (Å²) in [5, 5.41) is 11.7. The highest BCUT2D eigenvalue weighted by Gasteiger charge is 2.27. The lowest BCUT2D eigenvalue weighted by molar-refractivity contribution is -0.384. The van der Waals surface area contributed by atoms with E-state index in [2.05, 4.69) is 0 Å². The molecule has 13 heteroatoms. The monoisotopic (exact) mass is 659 g/mol. The smallest absolute Gasteiger partial charge is 0.269 e. The van der Waals surface area contributed by atoms with Crippen LogP contribution in [0, 0.1) is 10.1 Å². The topological polar surface area (TPSA) is 142 Å². The molecule has 3 heterocycles. The van der Waals surface area contributed by atoms with Crippen molar-refractivity contribution in [2.75, 3.05) is 26.5 Å². The number of halogens is 1. The number of hydrogen-bond acceptors (Lipinski definition) is 9. The fraction of sp³-hybridized carbons (Fsp3) is 0.265. The predicted octanol–water partition coefficient (Wildman–Crippen LogP) is 5.33. The Kier molecular flexibility index (Phi) is 9.50. The van der Waals surface area contributed by atoms with E-state index in [0.29, 0.717) is 34.3 Å². The van der Waals surface area contributed by atoms with Crippen LogP contribution in [0.5, 0.6) is 11.5 Å². The Morgan fingerprint density at radius 2 is 1.81 bits per heavy atom. The molecule has 3 aromatic carbocycles. The van der Waals surface area contributed by atoms with Crippen molar-refractivity contribution in [3.8, 4) is 11.5 Å². The summed E-state index contributed by atoms with van der Waals surface area (Å²) in [5.74, 6) is 0.284. The van der Waals surface area contributed by atoms with Crippen LogP contribution in [0.25, 0.3) is 17.0 Å². The molecule has 0 N–H and O–H groups in total. The third-order valence-electron chi connectivity index (χ3n) is 7.94. The van der Waals surface area contributed by atoms with Gasteiger partial charge in [-0.2, -0.15) is 0 Å². The minimum Gasteiger partial charge on any atom is -0.464 e. The van der Waals surface area contributed by atoms with Crippen LogP contribution in [0.2, 0.25) is 5.02 Å². The molecule has 6 rings (SSSR count). The molecule has 242 valence electrons. The molecule has 1 unspecified atom stereocenters. The van der Waals surface area contributed by atoms with Crippen molar-refractivity contribution in [1.29, 1.82) is 0 Å². The van der Waals surface area contributed by atoms with Gasteiger partial charge in [0.2, 0.25) is 18.6 Å². The molecule has 1 atom stereocenters. The summed E-state index contributed by atoms with van der Waals surface area (Å²) in [6, 6.07) is 15.9. The number of nitro benzene ring substituents is 1. The number of fused-ring (bicyclic) bond motifs is 2. The lowest BCUT2D eigenvalue weighted by Gasteiger charge is -2.28. The summed E-state index contributed by atoms with van der Waals surface area (Å²) >= 11 is 6.15. The average molecular weight is 660 g/mol. The number of carbonyl (C=O) groups excluding carboxylic acids is 2. The van der Waals surface area contributed by atoms with Crippen LogP contribution in [-0.2, 0) is 27.4 Å². The number of non-ortho nitro benzene ring substituents is 1. The lowest BCUT2D eigenvalue weighted by atomic mass is 10.1. The Bertz CT molecular complexity index is 1900. The highest BCUT2D eigenvalue weighted by molar-refractivity contribution is 6.31. The van der Waals surface area contributed by atoms with Crippen molar-refractivity contribution in [1.82, 2.24) is 9.80 Å². The molecule has 0 aliphatic carbocycles. The summed E-state index contributed by atoms with van der Waals surface area (Å²) in [5.41, 5.74) is 1.53. The largest absolute Gasteiger partial charge is 0.464 e. The number of nitrogens with zero attached hydrogens (tertiary/aromatic N) is 3. The number of benzene rings is 3. The van der Waals surface area contributed by atoms with Crippen LogP contribution in [0.3, 0.4) is 0 Å². The van der Waals surface area contributed by atoms with E-state index >= 15 is 0 Å². The van der Waals surface area contributed by atoms with Gasteiger partial charge in [0, 0.05) is 42.9 Å². The van der Waals surface area contributed by atoms with Crippen molar-refractivity contribution >= 4 is 46.1 Å². The van der Waals surface area contributed by atoms with E-state index in [1.165, 1.54) is 58.5 Å². The average Bonchev–Trinajstić information content (AvgIpc) is 3.76. The molecule has 0 spiro atoms. The number of rotatable bonds is 11. The normalized spacial score (nSPS) is 15.3. The summed E-state index contributed by atoms with van der Waals surface area (Å²) in [6.07, 6.45) is 5.55. The van der Waals surface area contributed by atoms with E-state index in [4.69, 9.17) is 30.2 Å². The Morgan fingerprint density at radius 3 is 2.57 bits per heavy atom. The first-order valence-corrected chi connectivity index (χ1v) is 15.3. The molecule has 0 radical (unpaired) electrons. The SMILES string of the molecule is O=C(C=Cc1ccc([N+](=O)[O-])cc1)N(CC(=O)N(Cc1ccc2c(c1)OCO2)Cc1coc2ccc(Cl)cc2c1=O)CC1CCCO1. The van der Waals surface area contributed by atoms with Crippen molar-refractivity contribution in [2.24, 2.45) is 0 Å². The molecule has 0 bridgehead atoms. The van der Waals surface area contributed by atoms with E-state index in [-0.39, 0.29) is 61.1 Å². The van der Waals surface area contributed by atoms with Gasteiger partial charge in [0.25, 0.3) is 5.69 Å². The fourth-order valence-corrected chi connectivity index (χ4v) is 5.63. The zero-order valence-corrected chi connectivity index (χ0v) is 25.9. The molecule has 1 aromatic heterocycles. The van der Waals surface area contributed by atoms with Crippen LogP contribution in [-0.4, -0.2) is 59.1 Å². The van der Waals surface area contributed by atoms with E-state index in [0.717, 1.165) is 18.4 Å².